The minimum Gasteiger partial charge on any atom is -0.464 e. The van der Waals surface area contributed by atoms with Gasteiger partial charge in [-0.25, -0.2) is 9.80 Å². The molecule has 0 rings (SSSR count). The Morgan fingerprint density at radius 3 is 2.00 bits per heavy atom. The van der Waals surface area contributed by atoms with Crippen LogP contribution in [-0.2, 0) is 0 Å². The number of nitrogens with one attached hydrogen (secondary N) is 1. The van der Waals surface area contributed by atoms with E-state index in [9.17, 15) is 4.79 Å². The first-order valence-corrected chi connectivity index (χ1v) is 4.95. The summed E-state index contributed by atoms with van der Waals surface area (Å²) in [5, 5.41) is 10.3. The van der Waals surface area contributed by atoms with Crippen LogP contribution in [-0.4, -0.2) is 29.3 Å². The van der Waals surface area contributed by atoms with Crippen LogP contribution in [0.25, 0.3) is 0 Å². The molecule has 0 aromatic carbocycles. The van der Waals surface area contributed by atoms with E-state index in [1.807, 2.05) is 0 Å². The molecule has 0 heterocycles. The SMILES string of the molecule is CCCCN(CCCC)NC(=O)O. The van der Waals surface area contributed by atoms with Gasteiger partial charge in [-0.05, 0) is 12.8 Å². The summed E-state index contributed by atoms with van der Waals surface area (Å²) in [4.78, 5) is 10.4. The monoisotopic (exact) mass is 188 g/mol. The van der Waals surface area contributed by atoms with Crippen LogP contribution < -0.4 is 5.43 Å². The van der Waals surface area contributed by atoms with Crippen LogP contribution in [0, 0.1) is 0 Å². The molecule has 0 aliphatic heterocycles. The number of hydrogen-bond donors (Lipinski definition) is 2. The molecular weight excluding hydrogens is 168 g/mol. The zero-order valence-corrected chi connectivity index (χ0v) is 8.55. The summed E-state index contributed by atoms with van der Waals surface area (Å²) in [6.07, 6.45) is 3.27. The van der Waals surface area contributed by atoms with Gasteiger partial charge in [0.15, 0.2) is 0 Å². The summed E-state index contributed by atoms with van der Waals surface area (Å²) < 4.78 is 0. The largest absolute Gasteiger partial charge is 0.464 e. The molecule has 78 valence electrons. The number of hydrazine groups is 1. The van der Waals surface area contributed by atoms with Gasteiger partial charge >= 0.3 is 6.09 Å². The van der Waals surface area contributed by atoms with Gasteiger partial charge in [-0.2, -0.15) is 0 Å². The van der Waals surface area contributed by atoms with Crippen molar-refractivity contribution in [3.05, 3.63) is 0 Å². The summed E-state index contributed by atoms with van der Waals surface area (Å²) in [7, 11) is 0. The Kier molecular flexibility index (Phi) is 7.39. The number of carboxylic acid groups (broad SMARTS) is 1. The first kappa shape index (κ1) is 12.2. The van der Waals surface area contributed by atoms with Crippen LogP contribution >= 0.6 is 0 Å². The summed E-state index contributed by atoms with van der Waals surface area (Å²) in [5.41, 5.74) is 2.40. The molecule has 4 nitrogen and oxygen atoms in total. The molecule has 0 saturated carbocycles. The molecule has 13 heavy (non-hydrogen) atoms. The van der Waals surface area contributed by atoms with Gasteiger partial charge in [0, 0.05) is 13.1 Å². The molecular formula is C9H20N2O2. The lowest BCUT2D eigenvalue weighted by molar-refractivity contribution is 0.136. The van der Waals surface area contributed by atoms with E-state index in [-0.39, 0.29) is 0 Å². The Labute approximate surface area is 79.9 Å². The standard InChI is InChI=1S/C9H20N2O2/c1-3-5-7-11(8-6-4-2)10-9(12)13/h10H,3-8H2,1-2H3,(H,12,13). The van der Waals surface area contributed by atoms with Crippen LogP contribution in [0.2, 0.25) is 0 Å². The second-order valence-corrected chi connectivity index (χ2v) is 3.11. The average molecular weight is 188 g/mol. The van der Waals surface area contributed by atoms with Crippen molar-refractivity contribution in [3.8, 4) is 0 Å². The Hall–Kier alpha value is -0.770. The van der Waals surface area contributed by atoms with Crippen LogP contribution in [0.4, 0.5) is 4.79 Å². The van der Waals surface area contributed by atoms with Gasteiger partial charge in [-0.15, -0.1) is 0 Å². The van der Waals surface area contributed by atoms with Crippen molar-refractivity contribution in [1.82, 2.24) is 10.4 Å². The minimum absolute atomic E-state index is 0.808. The van der Waals surface area contributed by atoms with Crippen molar-refractivity contribution in [3.63, 3.8) is 0 Å². The highest BCUT2D eigenvalue weighted by molar-refractivity contribution is 5.63. The van der Waals surface area contributed by atoms with Gasteiger partial charge in [0.05, 0.1) is 0 Å². The van der Waals surface area contributed by atoms with E-state index in [4.69, 9.17) is 5.11 Å². The van der Waals surface area contributed by atoms with Gasteiger partial charge in [0.25, 0.3) is 0 Å². The van der Waals surface area contributed by atoms with Crippen molar-refractivity contribution < 1.29 is 9.90 Å². The first-order chi connectivity index (χ1) is 6.20. The fourth-order valence-corrected chi connectivity index (χ4v) is 1.06. The van der Waals surface area contributed by atoms with Crippen molar-refractivity contribution >= 4 is 6.09 Å². The van der Waals surface area contributed by atoms with E-state index in [1.54, 1.807) is 5.01 Å². The third kappa shape index (κ3) is 7.59. The third-order valence-corrected chi connectivity index (χ3v) is 1.82. The Morgan fingerprint density at radius 1 is 1.23 bits per heavy atom. The van der Waals surface area contributed by atoms with Gasteiger partial charge < -0.3 is 5.11 Å². The molecule has 0 fully saturated rings. The maximum absolute atomic E-state index is 10.4. The van der Waals surface area contributed by atoms with Crippen molar-refractivity contribution in [2.45, 2.75) is 39.5 Å². The van der Waals surface area contributed by atoms with Gasteiger partial charge in [0.2, 0.25) is 0 Å². The molecule has 1 amide bonds. The fourth-order valence-electron chi connectivity index (χ4n) is 1.06. The molecule has 0 radical (unpaired) electrons. The zero-order valence-electron chi connectivity index (χ0n) is 8.55. The lowest BCUT2D eigenvalue weighted by Gasteiger charge is -2.20. The van der Waals surface area contributed by atoms with Crippen LogP contribution in [0.1, 0.15) is 39.5 Å². The van der Waals surface area contributed by atoms with Gasteiger partial charge in [-0.3, -0.25) is 5.43 Å². The second kappa shape index (κ2) is 7.86. The highest BCUT2D eigenvalue weighted by Gasteiger charge is 2.05. The molecule has 0 aliphatic carbocycles. The van der Waals surface area contributed by atoms with Gasteiger partial charge in [-0.1, -0.05) is 26.7 Å². The fraction of sp³-hybridized carbons (Fsp3) is 0.889. The van der Waals surface area contributed by atoms with E-state index >= 15 is 0 Å². The lowest BCUT2D eigenvalue weighted by Crippen LogP contribution is -2.42. The van der Waals surface area contributed by atoms with Crippen molar-refractivity contribution in [1.29, 1.82) is 0 Å². The number of unbranched alkanes of at least 4 members (excludes halogenated alkanes) is 2. The average Bonchev–Trinajstić information content (AvgIpc) is 2.09. The van der Waals surface area contributed by atoms with Gasteiger partial charge in [0.1, 0.15) is 0 Å². The Balaban J connectivity index is 3.66. The summed E-state index contributed by atoms with van der Waals surface area (Å²) in [6.45, 7) is 5.81. The number of nitrogens with zero attached hydrogens (tertiary/aromatic N) is 1. The van der Waals surface area contributed by atoms with E-state index < -0.39 is 6.09 Å². The molecule has 4 heteroatoms. The molecule has 0 aromatic rings. The normalized spacial score (nSPS) is 10.4. The Morgan fingerprint density at radius 2 is 1.69 bits per heavy atom. The molecule has 0 unspecified atom stereocenters. The predicted molar refractivity (Wildman–Crippen MR) is 52.5 cm³/mol. The van der Waals surface area contributed by atoms with E-state index in [0.29, 0.717) is 0 Å². The number of carbonyl (C=O) groups is 1. The summed E-state index contributed by atoms with van der Waals surface area (Å²) in [6, 6.07) is 0. The number of rotatable bonds is 7. The maximum atomic E-state index is 10.4. The topological polar surface area (TPSA) is 52.6 Å². The molecule has 0 saturated heterocycles. The molecule has 0 aromatic heterocycles. The quantitative estimate of drug-likeness (QED) is 0.601. The lowest BCUT2D eigenvalue weighted by atomic mass is 10.3. The van der Waals surface area contributed by atoms with E-state index in [2.05, 4.69) is 19.3 Å². The summed E-state index contributed by atoms with van der Waals surface area (Å²) in [5.74, 6) is 0. The number of amides is 1. The Bertz CT molecular complexity index is 132. The second-order valence-electron chi connectivity index (χ2n) is 3.11. The van der Waals surface area contributed by atoms with E-state index in [1.165, 1.54) is 0 Å². The van der Waals surface area contributed by atoms with Crippen LogP contribution in [0.5, 0.6) is 0 Å². The minimum atomic E-state index is -0.966. The molecule has 0 aliphatic rings. The molecule has 0 atom stereocenters. The maximum Gasteiger partial charge on any atom is 0.419 e. The molecule has 0 spiro atoms. The molecule has 0 bridgehead atoms. The number of hydrogen-bond acceptors (Lipinski definition) is 2. The molecule has 2 N–H and O–H groups in total. The summed E-state index contributed by atoms with van der Waals surface area (Å²) >= 11 is 0. The highest BCUT2D eigenvalue weighted by Crippen LogP contribution is 1.95. The third-order valence-electron chi connectivity index (χ3n) is 1.82. The van der Waals surface area contributed by atoms with Crippen molar-refractivity contribution in [2.24, 2.45) is 0 Å². The van der Waals surface area contributed by atoms with Crippen molar-refractivity contribution in [2.75, 3.05) is 13.1 Å². The first-order valence-electron chi connectivity index (χ1n) is 4.95. The zero-order chi connectivity index (χ0) is 10.1. The van der Waals surface area contributed by atoms with Crippen LogP contribution in [0.15, 0.2) is 0 Å². The smallest absolute Gasteiger partial charge is 0.419 e. The van der Waals surface area contributed by atoms with E-state index in [0.717, 1.165) is 38.8 Å². The highest BCUT2D eigenvalue weighted by atomic mass is 16.4. The predicted octanol–water partition coefficient (Wildman–Crippen LogP) is 2.07. The van der Waals surface area contributed by atoms with Crippen LogP contribution in [0.3, 0.4) is 0 Å².